The van der Waals surface area contributed by atoms with E-state index in [4.69, 9.17) is 10.00 Å². The Labute approximate surface area is 121 Å². The normalized spacial score (nSPS) is 9.71. The molecule has 1 N–H and O–H groups in total. The SMILES string of the molecule is COc1ccc(CNc2cccc([N+](=O)[O-])c2)cc1C#N. The van der Waals surface area contributed by atoms with Crippen LogP contribution >= 0.6 is 0 Å². The molecule has 0 heterocycles. The van der Waals surface area contributed by atoms with Crippen LogP contribution in [0.15, 0.2) is 42.5 Å². The van der Waals surface area contributed by atoms with Crippen molar-refractivity contribution in [2.75, 3.05) is 12.4 Å². The van der Waals surface area contributed by atoms with Gasteiger partial charge in [-0.2, -0.15) is 5.26 Å². The molecule has 6 nitrogen and oxygen atoms in total. The van der Waals surface area contributed by atoms with Crippen LogP contribution in [0.1, 0.15) is 11.1 Å². The Kier molecular flexibility index (Phi) is 4.36. The third-order valence-corrected chi connectivity index (χ3v) is 2.94. The maximum atomic E-state index is 10.7. The van der Waals surface area contributed by atoms with Gasteiger partial charge in [-0.1, -0.05) is 12.1 Å². The molecule has 0 amide bonds. The van der Waals surface area contributed by atoms with E-state index in [1.165, 1.54) is 19.2 Å². The molecule has 0 saturated carbocycles. The van der Waals surface area contributed by atoms with Crippen molar-refractivity contribution in [1.29, 1.82) is 5.26 Å². The van der Waals surface area contributed by atoms with E-state index >= 15 is 0 Å². The Balaban J connectivity index is 2.11. The number of anilines is 1. The number of methoxy groups -OCH3 is 1. The Morgan fingerprint density at radius 1 is 1.33 bits per heavy atom. The van der Waals surface area contributed by atoms with Gasteiger partial charge in [0.1, 0.15) is 11.8 Å². The largest absolute Gasteiger partial charge is 0.495 e. The van der Waals surface area contributed by atoms with Crippen molar-refractivity contribution in [2.24, 2.45) is 0 Å². The number of benzene rings is 2. The summed E-state index contributed by atoms with van der Waals surface area (Å²) >= 11 is 0. The quantitative estimate of drug-likeness (QED) is 0.673. The van der Waals surface area contributed by atoms with Gasteiger partial charge in [0.25, 0.3) is 5.69 Å². The van der Waals surface area contributed by atoms with E-state index in [0.717, 1.165) is 5.56 Å². The Hall–Kier alpha value is -3.07. The number of ether oxygens (including phenoxy) is 1. The summed E-state index contributed by atoms with van der Waals surface area (Å²) in [6, 6.07) is 13.6. The lowest BCUT2D eigenvalue weighted by Gasteiger charge is -2.08. The number of hydrogen-bond donors (Lipinski definition) is 1. The van der Waals surface area contributed by atoms with Crippen molar-refractivity contribution in [3.05, 3.63) is 63.7 Å². The molecule has 0 aliphatic carbocycles. The molecule has 0 atom stereocenters. The number of nitro groups is 1. The number of nitrogens with one attached hydrogen (secondary N) is 1. The van der Waals surface area contributed by atoms with Gasteiger partial charge in [-0.05, 0) is 23.8 Å². The second-order valence-electron chi connectivity index (χ2n) is 4.31. The van der Waals surface area contributed by atoms with E-state index in [2.05, 4.69) is 11.4 Å². The predicted octanol–water partition coefficient (Wildman–Crippen LogP) is 3.09. The zero-order valence-electron chi connectivity index (χ0n) is 11.4. The summed E-state index contributed by atoms with van der Waals surface area (Å²) in [6.45, 7) is 0.458. The molecule has 0 aliphatic rings. The van der Waals surface area contributed by atoms with Crippen LogP contribution in [-0.4, -0.2) is 12.0 Å². The second-order valence-corrected chi connectivity index (χ2v) is 4.31. The molecule has 0 fully saturated rings. The fourth-order valence-electron chi connectivity index (χ4n) is 1.89. The summed E-state index contributed by atoms with van der Waals surface area (Å²) in [5, 5.41) is 22.8. The van der Waals surface area contributed by atoms with Gasteiger partial charge < -0.3 is 10.1 Å². The van der Waals surface area contributed by atoms with Crippen molar-refractivity contribution in [3.63, 3.8) is 0 Å². The van der Waals surface area contributed by atoms with Crippen LogP contribution in [0, 0.1) is 21.4 Å². The lowest BCUT2D eigenvalue weighted by atomic mass is 10.1. The minimum atomic E-state index is -0.438. The molecule has 21 heavy (non-hydrogen) atoms. The summed E-state index contributed by atoms with van der Waals surface area (Å²) < 4.78 is 5.08. The first kappa shape index (κ1) is 14.3. The smallest absolute Gasteiger partial charge is 0.271 e. The van der Waals surface area contributed by atoms with Gasteiger partial charge in [0.15, 0.2) is 0 Å². The molecular formula is C15H13N3O3. The van der Waals surface area contributed by atoms with Crippen LogP contribution in [0.2, 0.25) is 0 Å². The topological polar surface area (TPSA) is 88.2 Å². The van der Waals surface area contributed by atoms with E-state index in [9.17, 15) is 10.1 Å². The number of hydrogen-bond acceptors (Lipinski definition) is 5. The van der Waals surface area contributed by atoms with Crippen molar-refractivity contribution >= 4 is 11.4 Å². The van der Waals surface area contributed by atoms with Gasteiger partial charge in [0, 0.05) is 24.4 Å². The number of non-ortho nitro benzene ring substituents is 1. The Morgan fingerprint density at radius 3 is 2.81 bits per heavy atom. The first-order valence-corrected chi connectivity index (χ1v) is 6.19. The fraction of sp³-hybridized carbons (Fsp3) is 0.133. The van der Waals surface area contributed by atoms with Crippen LogP contribution in [0.4, 0.5) is 11.4 Å². The molecule has 6 heteroatoms. The van der Waals surface area contributed by atoms with Gasteiger partial charge in [0.2, 0.25) is 0 Å². The molecule has 0 spiro atoms. The summed E-state index contributed by atoms with van der Waals surface area (Å²) in [4.78, 5) is 10.3. The molecule has 0 radical (unpaired) electrons. The number of rotatable bonds is 5. The van der Waals surface area contributed by atoms with Crippen molar-refractivity contribution in [3.8, 4) is 11.8 Å². The van der Waals surface area contributed by atoms with Crippen LogP contribution < -0.4 is 10.1 Å². The van der Waals surface area contributed by atoms with Gasteiger partial charge in [-0.25, -0.2) is 0 Å². The Morgan fingerprint density at radius 2 is 2.14 bits per heavy atom. The first-order chi connectivity index (χ1) is 10.1. The zero-order valence-corrected chi connectivity index (χ0v) is 11.4. The van der Waals surface area contributed by atoms with Crippen molar-refractivity contribution < 1.29 is 9.66 Å². The highest BCUT2D eigenvalue weighted by Gasteiger charge is 2.06. The monoisotopic (exact) mass is 283 g/mol. The average Bonchev–Trinajstić information content (AvgIpc) is 2.52. The lowest BCUT2D eigenvalue weighted by Crippen LogP contribution is -2.01. The van der Waals surface area contributed by atoms with Crippen molar-refractivity contribution in [2.45, 2.75) is 6.54 Å². The zero-order chi connectivity index (χ0) is 15.2. The minimum absolute atomic E-state index is 0.0347. The fourth-order valence-corrected chi connectivity index (χ4v) is 1.89. The highest BCUT2D eigenvalue weighted by Crippen LogP contribution is 2.21. The van der Waals surface area contributed by atoms with Crippen LogP contribution in [0.3, 0.4) is 0 Å². The first-order valence-electron chi connectivity index (χ1n) is 6.19. The predicted molar refractivity (Wildman–Crippen MR) is 78.1 cm³/mol. The minimum Gasteiger partial charge on any atom is -0.495 e. The molecular weight excluding hydrogens is 270 g/mol. The molecule has 2 aromatic carbocycles. The van der Waals surface area contributed by atoms with Gasteiger partial charge in [-0.15, -0.1) is 0 Å². The summed E-state index contributed by atoms with van der Waals surface area (Å²) in [7, 11) is 1.51. The van der Waals surface area contributed by atoms with Crippen LogP contribution in [0.5, 0.6) is 5.75 Å². The standard InChI is InChI=1S/C15H13N3O3/c1-21-15-6-5-11(7-12(15)9-16)10-17-13-3-2-4-14(8-13)18(19)20/h2-8,17H,10H2,1H3. The van der Waals surface area contributed by atoms with Gasteiger partial charge in [-0.3, -0.25) is 10.1 Å². The van der Waals surface area contributed by atoms with E-state index in [1.54, 1.807) is 24.3 Å². The molecule has 2 aromatic rings. The summed E-state index contributed by atoms with van der Waals surface area (Å²) in [5.74, 6) is 0.525. The summed E-state index contributed by atoms with van der Waals surface area (Å²) in [5.41, 5.74) is 2.03. The Bertz CT molecular complexity index is 708. The highest BCUT2D eigenvalue weighted by molar-refractivity contribution is 5.52. The molecule has 106 valence electrons. The van der Waals surface area contributed by atoms with E-state index in [-0.39, 0.29) is 5.69 Å². The lowest BCUT2D eigenvalue weighted by molar-refractivity contribution is -0.384. The van der Waals surface area contributed by atoms with E-state index in [1.807, 2.05) is 6.07 Å². The van der Waals surface area contributed by atoms with Crippen LogP contribution in [-0.2, 0) is 6.54 Å². The molecule has 0 aliphatic heterocycles. The molecule has 0 saturated heterocycles. The second kappa shape index (κ2) is 6.39. The van der Waals surface area contributed by atoms with Crippen LogP contribution in [0.25, 0.3) is 0 Å². The number of nitriles is 1. The van der Waals surface area contributed by atoms with E-state index in [0.29, 0.717) is 23.5 Å². The number of nitro benzene ring substituents is 1. The maximum Gasteiger partial charge on any atom is 0.271 e. The molecule has 0 aromatic heterocycles. The maximum absolute atomic E-state index is 10.7. The van der Waals surface area contributed by atoms with Crippen molar-refractivity contribution in [1.82, 2.24) is 0 Å². The average molecular weight is 283 g/mol. The molecule has 0 unspecified atom stereocenters. The summed E-state index contributed by atoms with van der Waals surface area (Å²) in [6.07, 6.45) is 0. The third kappa shape index (κ3) is 3.48. The molecule has 2 rings (SSSR count). The number of nitrogens with zero attached hydrogens (tertiary/aromatic N) is 2. The van der Waals surface area contributed by atoms with Gasteiger partial charge in [0.05, 0.1) is 17.6 Å². The third-order valence-electron chi connectivity index (χ3n) is 2.94. The highest BCUT2D eigenvalue weighted by atomic mass is 16.6. The molecule has 0 bridgehead atoms. The van der Waals surface area contributed by atoms with Gasteiger partial charge >= 0.3 is 0 Å². The van der Waals surface area contributed by atoms with E-state index < -0.39 is 4.92 Å².